The van der Waals surface area contributed by atoms with E-state index in [9.17, 15) is 9.59 Å². The van der Waals surface area contributed by atoms with Gasteiger partial charge in [0.25, 0.3) is 0 Å². The Kier molecular flexibility index (Phi) is 5.97. The molecule has 2 N–H and O–H groups in total. The van der Waals surface area contributed by atoms with Crippen LogP contribution in [-0.4, -0.2) is 11.8 Å². The first-order valence-electron chi connectivity index (χ1n) is 9.04. The second-order valence-electron chi connectivity index (χ2n) is 6.93. The molecule has 4 nitrogen and oxygen atoms in total. The third kappa shape index (κ3) is 4.58. The third-order valence-electron chi connectivity index (χ3n) is 4.88. The number of rotatable bonds is 4. The molecule has 0 heterocycles. The van der Waals surface area contributed by atoms with E-state index in [1.54, 1.807) is 12.1 Å². The maximum atomic E-state index is 12.9. The first kappa shape index (κ1) is 19.2. The summed E-state index contributed by atoms with van der Waals surface area (Å²) >= 11 is 6.14. The van der Waals surface area contributed by atoms with Crippen LogP contribution in [0.25, 0.3) is 0 Å². The minimum absolute atomic E-state index is 0.134. The number of hydrogen-bond donors (Lipinski definition) is 2. The van der Waals surface area contributed by atoms with Crippen molar-refractivity contribution < 1.29 is 9.59 Å². The molecule has 2 aromatic rings. The highest BCUT2D eigenvalue weighted by Gasteiger charge is 2.34. The van der Waals surface area contributed by atoms with Crippen molar-refractivity contribution in [3.63, 3.8) is 0 Å². The molecule has 1 aliphatic rings. The summed E-state index contributed by atoms with van der Waals surface area (Å²) in [6.45, 7) is 3.98. The second-order valence-corrected chi connectivity index (χ2v) is 7.34. The Labute approximate surface area is 164 Å². The molecule has 140 valence electrons. The van der Waals surface area contributed by atoms with Crippen molar-refractivity contribution in [2.45, 2.75) is 26.7 Å². The van der Waals surface area contributed by atoms with Gasteiger partial charge in [0.1, 0.15) is 0 Å². The summed E-state index contributed by atoms with van der Waals surface area (Å²) in [6.07, 6.45) is 4.99. The first-order chi connectivity index (χ1) is 13.0. The van der Waals surface area contributed by atoms with Crippen LogP contribution in [0.5, 0.6) is 0 Å². The van der Waals surface area contributed by atoms with E-state index in [0.717, 1.165) is 16.8 Å². The molecule has 0 aromatic heterocycles. The fourth-order valence-electron chi connectivity index (χ4n) is 3.36. The lowest BCUT2D eigenvalue weighted by Gasteiger charge is -2.27. The molecule has 3 rings (SSSR count). The lowest BCUT2D eigenvalue weighted by molar-refractivity contribution is -0.129. The molecule has 0 fully saturated rings. The molecule has 2 unspecified atom stereocenters. The highest BCUT2D eigenvalue weighted by molar-refractivity contribution is 6.33. The number of amides is 2. The number of hydrogen-bond acceptors (Lipinski definition) is 2. The van der Waals surface area contributed by atoms with Crippen LogP contribution in [0, 0.1) is 25.7 Å². The Bertz CT molecular complexity index is 892. The SMILES string of the molecule is Cc1ccc(NC(=O)C2CC=CCC2C(=O)Nc2ccccc2Cl)c(C)c1. The number of benzene rings is 2. The van der Waals surface area contributed by atoms with Gasteiger partial charge in [0.2, 0.25) is 11.8 Å². The molecule has 0 radical (unpaired) electrons. The lowest BCUT2D eigenvalue weighted by Crippen LogP contribution is -2.37. The zero-order valence-electron chi connectivity index (χ0n) is 15.5. The number of halogens is 1. The highest BCUT2D eigenvalue weighted by Crippen LogP contribution is 2.30. The van der Waals surface area contributed by atoms with Crippen molar-refractivity contribution >= 4 is 34.8 Å². The average Bonchev–Trinajstić information content (AvgIpc) is 2.65. The molecule has 0 bridgehead atoms. The Morgan fingerprint density at radius 2 is 1.48 bits per heavy atom. The monoisotopic (exact) mass is 382 g/mol. The van der Waals surface area contributed by atoms with Gasteiger partial charge in [0.05, 0.1) is 22.5 Å². The van der Waals surface area contributed by atoms with E-state index in [4.69, 9.17) is 11.6 Å². The fraction of sp³-hybridized carbons (Fsp3) is 0.273. The maximum Gasteiger partial charge on any atom is 0.228 e. The molecule has 0 saturated carbocycles. The van der Waals surface area contributed by atoms with E-state index >= 15 is 0 Å². The molecule has 27 heavy (non-hydrogen) atoms. The van der Waals surface area contributed by atoms with Crippen LogP contribution in [0.4, 0.5) is 11.4 Å². The van der Waals surface area contributed by atoms with Gasteiger partial charge in [-0.1, -0.05) is 53.6 Å². The van der Waals surface area contributed by atoms with E-state index in [1.165, 1.54) is 0 Å². The highest BCUT2D eigenvalue weighted by atomic mass is 35.5. The summed E-state index contributed by atoms with van der Waals surface area (Å²) in [5, 5.41) is 6.33. The van der Waals surface area contributed by atoms with E-state index in [-0.39, 0.29) is 11.8 Å². The van der Waals surface area contributed by atoms with Gasteiger partial charge in [-0.05, 0) is 50.5 Å². The number of para-hydroxylation sites is 1. The van der Waals surface area contributed by atoms with Crippen molar-refractivity contribution in [2.24, 2.45) is 11.8 Å². The van der Waals surface area contributed by atoms with Crippen molar-refractivity contribution in [3.05, 3.63) is 70.8 Å². The molecular formula is C22H23ClN2O2. The lowest BCUT2D eigenvalue weighted by atomic mass is 9.81. The van der Waals surface area contributed by atoms with Gasteiger partial charge in [0, 0.05) is 5.69 Å². The number of aryl methyl sites for hydroxylation is 2. The molecule has 1 aliphatic carbocycles. The van der Waals surface area contributed by atoms with Gasteiger partial charge in [-0.15, -0.1) is 0 Å². The quantitative estimate of drug-likeness (QED) is 0.721. The summed E-state index contributed by atoms with van der Waals surface area (Å²) in [5.74, 6) is -1.17. The zero-order valence-corrected chi connectivity index (χ0v) is 16.2. The van der Waals surface area contributed by atoms with Crippen LogP contribution in [0.1, 0.15) is 24.0 Å². The summed E-state index contributed by atoms with van der Waals surface area (Å²) < 4.78 is 0. The van der Waals surface area contributed by atoms with E-state index < -0.39 is 11.8 Å². The van der Waals surface area contributed by atoms with Crippen LogP contribution in [0.2, 0.25) is 5.02 Å². The largest absolute Gasteiger partial charge is 0.326 e. The topological polar surface area (TPSA) is 58.2 Å². The van der Waals surface area contributed by atoms with Gasteiger partial charge in [-0.25, -0.2) is 0 Å². The van der Waals surface area contributed by atoms with Crippen LogP contribution >= 0.6 is 11.6 Å². The van der Waals surface area contributed by atoms with E-state index in [2.05, 4.69) is 10.6 Å². The van der Waals surface area contributed by atoms with E-state index in [1.807, 2.05) is 56.3 Å². The minimum Gasteiger partial charge on any atom is -0.326 e. The number of carbonyl (C=O) groups is 2. The summed E-state index contributed by atoms with van der Waals surface area (Å²) in [7, 11) is 0. The van der Waals surface area contributed by atoms with Crippen molar-refractivity contribution in [2.75, 3.05) is 10.6 Å². The fourth-order valence-corrected chi connectivity index (χ4v) is 3.54. The third-order valence-corrected chi connectivity index (χ3v) is 5.21. The molecule has 5 heteroatoms. The molecular weight excluding hydrogens is 360 g/mol. The molecule has 2 atom stereocenters. The number of allylic oxidation sites excluding steroid dienone is 2. The molecule has 0 saturated heterocycles. The maximum absolute atomic E-state index is 12.9. The van der Waals surface area contributed by atoms with Gasteiger partial charge in [-0.2, -0.15) is 0 Å². The smallest absolute Gasteiger partial charge is 0.228 e. The standard InChI is InChI=1S/C22H23ClN2O2/c1-14-11-12-19(15(2)13-14)24-21(26)16-7-3-4-8-17(16)22(27)25-20-10-6-5-9-18(20)23/h3-6,9-13,16-17H,7-8H2,1-2H3,(H,24,26)(H,25,27). The van der Waals surface area contributed by atoms with Gasteiger partial charge < -0.3 is 10.6 Å². The van der Waals surface area contributed by atoms with Gasteiger partial charge in [-0.3, -0.25) is 9.59 Å². The summed E-state index contributed by atoms with van der Waals surface area (Å²) in [4.78, 5) is 25.7. The van der Waals surface area contributed by atoms with E-state index in [0.29, 0.717) is 23.6 Å². The molecule has 2 amide bonds. The average molecular weight is 383 g/mol. The van der Waals surface area contributed by atoms with Crippen molar-refractivity contribution in [1.82, 2.24) is 0 Å². The molecule has 0 aliphatic heterocycles. The summed E-state index contributed by atoms with van der Waals surface area (Å²) in [5.41, 5.74) is 3.49. The molecule has 0 spiro atoms. The number of carbonyl (C=O) groups excluding carboxylic acids is 2. The van der Waals surface area contributed by atoms with Crippen LogP contribution in [-0.2, 0) is 9.59 Å². The Morgan fingerprint density at radius 1 is 0.889 bits per heavy atom. The van der Waals surface area contributed by atoms with Crippen molar-refractivity contribution in [1.29, 1.82) is 0 Å². The van der Waals surface area contributed by atoms with Crippen LogP contribution in [0.15, 0.2) is 54.6 Å². The number of anilines is 2. The Morgan fingerprint density at radius 3 is 2.07 bits per heavy atom. The van der Waals surface area contributed by atoms with Gasteiger partial charge in [0.15, 0.2) is 0 Å². The first-order valence-corrected chi connectivity index (χ1v) is 9.42. The van der Waals surface area contributed by atoms with Crippen LogP contribution in [0.3, 0.4) is 0 Å². The Balaban J connectivity index is 1.74. The predicted molar refractivity (Wildman–Crippen MR) is 110 cm³/mol. The van der Waals surface area contributed by atoms with Gasteiger partial charge >= 0.3 is 0 Å². The predicted octanol–water partition coefficient (Wildman–Crippen LogP) is 5.12. The van der Waals surface area contributed by atoms with Crippen LogP contribution < -0.4 is 10.6 Å². The normalized spacial score (nSPS) is 18.8. The minimum atomic E-state index is -0.433. The van der Waals surface area contributed by atoms with Crippen molar-refractivity contribution in [3.8, 4) is 0 Å². The zero-order chi connectivity index (χ0) is 19.4. The summed E-state index contributed by atoms with van der Waals surface area (Å²) in [6, 6.07) is 13.0. The second kappa shape index (κ2) is 8.40. The molecule has 2 aromatic carbocycles. The number of nitrogens with one attached hydrogen (secondary N) is 2. The Hall–Kier alpha value is -2.59.